The Morgan fingerprint density at radius 3 is 1.87 bits per heavy atom. The first-order chi connectivity index (χ1) is 6.91. The minimum Gasteiger partial charge on any atom is -0.207 e. The molecule has 0 radical (unpaired) electrons. The summed E-state index contributed by atoms with van der Waals surface area (Å²) in [6.45, 7) is 5.82. The third kappa shape index (κ3) is 3.16. The van der Waals surface area contributed by atoms with Crippen LogP contribution in [0.1, 0.15) is 20.8 Å². The van der Waals surface area contributed by atoms with Crippen molar-refractivity contribution in [1.29, 1.82) is 0 Å². The molecule has 1 unspecified atom stereocenters. The predicted octanol–water partition coefficient (Wildman–Crippen LogP) is 4.24. The molecule has 0 saturated carbocycles. The van der Waals surface area contributed by atoms with Crippen molar-refractivity contribution >= 4 is 11.8 Å². The van der Waals surface area contributed by atoms with E-state index in [0.717, 1.165) is 11.8 Å². The smallest absolute Gasteiger partial charge is 0.142 e. The largest absolute Gasteiger partial charge is 0.207 e. The molecular weight excluding hydrogens is 221 g/mol. The molecule has 1 atom stereocenters. The SMILES string of the molecule is CC(C)C(C)Sc1c(F)cc(F)cc1F. The molecule has 0 bridgehead atoms. The fourth-order valence-electron chi connectivity index (χ4n) is 0.964. The van der Waals surface area contributed by atoms with Crippen LogP contribution in [0.2, 0.25) is 0 Å². The standard InChI is InChI=1S/C11H13F3S/c1-6(2)7(3)15-11-9(13)4-8(12)5-10(11)14/h4-7H,1-3H3. The number of thioether (sulfide) groups is 1. The van der Waals surface area contributed by atoms with Crippen LogP contribution in [-0.2, 0) is 0 Å². The lowest BCUT2D eigenvalue weighted by atomic mass is 10.2. The Bertz CT molecular complexity index is 327. The van der Waals surface area contributed by atoms with Crippen LogP contribution in [0.25, 0.3) is 0 Å². The van der Waals surface area contributed by atoms with Crippen molar-refractivity contribution in [1.82, 2.24) is 0 Å². The van der Waals surface area contributed by atoms with Crippen molar-refractivity contribution in [3.8, 4) is 0 Å². The van der Waals surface area contributed by atoms with Crippen molar-refractivity contribution < 1.29 is 13.2 Å². The maximum Gasteiger partial charge on any atom is 0.142 e. The highest BCUT2D eigenvalue weighted by atomic mass is 32.2. The summed E-state index contributed by atoms with van der Waals surface area (Å²) < 4.78 is 39.1. The third-order valence-electron chi connectivity index (χ3n) is 2.21. The van der Waals surface area contributed by atoms with E-state index in [9.17, 15) is 13.2 Å². The fraction of sp³-hybridized carbons (Fsp3) is 0.455. The summed E-state index contributed by atoms with van der Waals surface area (Å²) in [7, 11) is 0. The first-order valence-electron chi connectivity index (χ1n) is 4.73. The minimum atomic E-state index is -0.883. The fourth-order valence-corrected chi connectivity index (χ4v) is 1.95. The molecule has 84 valence electrons. The normalized spacial score (nSPS) is 13.3. The van der Waals surface area contributed by atoms with E-state index >= 15 is 0 Å². The summed E-state index contributed by atoms with van der Waals surface area (Å²) >= 11 is 1.10. The van der Waals surface area contributed by atoms with Gasteiger partial charge in [0.2, 0.25) is 0 Å². The Hall–Kier alpha value is -0.640. The molecule has 0 spiro atoms. The highest BCUT2D eigenvalue weighted by molar-refractivity contribution is 8.00. The second-order valence-corrected chi connectivity index (χ2v) is 5.15. The maximum atomic E-state index is 13.2. The van der Waals surface area contributed by atoms with Crippen molar-refractivity contribution in [2.24, 2.45) is 5.92 Å². The molecule has 1 rings (SSSR count). The van der Waals surface area contributed by atoms with Crippen LogP contribution in [0.5, 0.6) is 0 Å². The Balaban J connectivity index is 2.95. The Labute approximate surface area is 91.9 Å². The van der Waals surface area contributed by atoms with E-state index in [1.54, 1.807) is 0 Å². The average Bonchev–Trinajstić information content (AvgIpc) is 2.10. The minimum absolute atomic E-state index is 0.0828. The van der Waals surface area contributed by atoms with Gasteiger partial charge in [-0.2, -0.15) is 0 Å². The number of benzene rings is 1. The Kier molecular flexibility index (Phi) is 4.08. The molecule has 0 heterocycles. The molecule has 0 nitrogen and oxygen atoms in total. The summed E-state index contributed by atoms with van der Waals surface area (Å²) in [5, 5.41) is 0.0828. The van der Waals surface area contributed by atoms with Crippen molar-refractivity contribution in [3.05, 3.63) is 29.6 Å². The molecule has 0 fully saturated rings. The number of hydrogen-bond acceptors (Lipinski definition) is 1. The van der Waals surface area contributed by atoms with E-state index in [-0.39, 0.29) is 10.1 Å². The van der Waals surface area contributed by atoms with Gasteiger partial charge in [0.15, 0.2) is 0 Å². The van der Waals surface area contributed by atoms with Crippen LogP contribution in [-0.4, -0.2) is 5.25 Å². The molecule has 0 aliphatic carbocycles. The molecule has 1 aromatic carbocycles. The first-order valence-corrected chi connectivity index (χ1v) is 5.61. The van der Waals surface area contributed by atoms with Crippen LogP contribution in [0.3, 0.4) is 0 Å². The molecule has 0 saturated heterocycles. The second-order valence-electron chi connectivity index (χ2n) is 3.77. The summed E-state index contributed by atoms with van der Waals surface area (Å²) in [6, 6.07) is 1.41. The lowest BCUT2D eigenvalue weighted by Gasteiger charge is -2.15. The zero-order valence-corrected chi connectivity index (χ0v) is 9.67. The van der Waals surface area contributed by atoms with E-state index in [0.29, 0.717) is 18.1 Å². The van der Waals surface area contributed by atoms with Crippen LogP contribution in [0.4, 0.5) is 13.2 Å². The van der Waals surface area contributed by atoms with Crippen molar-refractivity contribution in [2.75, 3.05) is 0 Å². The van der Waals surface area contributed by atoms with Crippen molar-refractivity contribution in [3.63, 3.8) is 0 Å². The van der Waals surface area contributed by atoms with Gasteiger partial charge in [0.1, 0.15) is 17.5 Å². The molecule has 4 heteroatoms. The second kappa shape index (κ2) is 4.92. The molecule has 0 N–H and O–H groups in total. The van der Waals surface area contributed by atoms with Crippen molar-refractivity contribution in [2.45, 2.75) is 30.9 Å². The van der Waals surface area contributed by atoms with Crippen LogP contribution < -0.4 is 0 Å². The van der Waals surface area contributed by atoms with Crippen LogP contribution >= 0.6 is 11.8 Å². The van der Waals surface area contributed by atoms with E-state index in [4.69, 9.17) is 0 Å². The lowest BCUT2D eigenvalue weighted by molar-refractivity contribution is 0.509. The molecule has 15 heavy (non-hydrogen) atoms. The zero-order chi connectivity index (χ0) is 11.6. The van der Waals surface area contributed by atoms with Gasteiger partial charge in [0, 0.05) is 17.4 Å². The number of rotatable bonds is 3. The van der Waals surface area contributed by atoms with Gasteiger partial charge in [-0.25, -0.2) is 13.2 Å². The van der Waals surface area contributed by atoms with Gasteiger partial charge < -0.3 is 0 Å². The predicted molar refractivity (Wildman–Crippen MR) is 56.5 cm³/mol. The van der Waals surface area contributed by atoms with Gasteiger partial charge >= 0.3 is 0 Å². The number of halogens is 3. The molecular formula is C11H13F3S. The highest BCUT2D eigenvalue weighted by Gasteiger charge is 2.17. The summed E-state index contributed by atoms with van der Waals surface area (Å²) in [5.74, 6) is -2.24. The van der Waals surface area contributed by atoms with Gasteiger partial charge in [-0.05, 0) is 5.92 Å². The van der Waals surface area contributed by atoms with E-state index in [1.807, 2.05) is 20.8 Å². The van der Waals surface area contributed by atoms with Gasteiger partial charge in [-0.15, -0.1) is 11.8 Å². The first kappa shape index (κ1) is 12.4. The molecule has 0 aromatic heterocycles. The molecule has 0 amide bonds. The number of hydrogen-bond donors (Lipinski definition) is 0. The van der Waals surface area contributed by atoms with Gasteiger partial charge in [0.25, 0.3) is 0 Å². The van der Waals surface area contributed by atoms with E-state index in [1.165, 1.54) is 0 Å². The summed E-state index contributed by atoms with van der Waals surface area (Å²) in [4.78, 5) is -0.0994. The monoisotopic (exact) mass is 234 g/mol. The molecule has 1 aromatic rings. The topological polar surface area (TPSA) is 0 Å². The maximum absolute atomic E-state index is 13.2. The van der Waals surface area contributed by atoms with E-state index < -0.39 is 17.5 Å². The Morgan fingerprint density at radius 1 is 1.00 bits per heavy atom. The summed E-state index contributed by atoms with van der Waals surface area (Å²) in [5.41, 5.74) is 0. The zero-order valence-electron chi connectivity index (χ0n) is 8.85. The van der Waals surface area contributed by atoms with Gasteiger partial charge in [0.05, 0.1) is 4.90 Å². The third-order valence-corrected chi connectivity index (χ3v) is 3.75. The average molecular weight is 234 g/mol. The lowest BCUT2D eigenvalue weighted by Crippen LogP contribution is -2.06. The van der Waals surface area contributed by atoms with Crippen LogP contribution in [0, 0.1) is 23.4 Å². The van der Waals surface area contributed by atoms with Gasteiger partial charge in [-0.3, -0.25) is 0 Å². The Morgan fingerprint density at radius 2 is 1.47 bits per heavy atom. The quantitative estimate of drug-likeness (QED) is 0.705. The van der Waals surface area contributed by atoms with Crippen LogP contribution in [0.15, 0.2) is 17.0 Å². The summed E-state index contributed by atoms with van der Waals surface area (Å²) in [6.07, 6.45) is 0. The highest BCUT2D eigenvalue weighted by Crippen LogP contribution is 2.32. The molecule has 0 aliphatic heterocycles. The van der Waals surface area contributed by atoms with E-state index in [2.05, 4.69) is 0 Å². The molecule has 0 aliphatic rings. The van der Waals surface area contributed by atoms with Gasteiger partial charge in [-0.1, -0.05) is 20.8 Å².